The third kappa shape index (κ3) is 6.37. The monoisotopic (exact) mass is 298 g/mol. The van der Waals surface area contributed by atoms with E-state index in [1.807, 2.05) is 13.8 Å². The van der Waals surface area contributed by atoms with Gasteiger partial charge in [0.25, 0.3) is 0 Å². The second-order valence-electron chi connectivity index (χ2n) is 4.76. The minimum atomic E-state index is -0.375. The molecule has 1 atom stereocenters. The molecule has 0 amide bonds. The molecule has 1 N–H and O–H groups in total. The molecule has 1 heterocycles. The molecule has 6 heteroatoms. The Kier molecular flexibility index (Phi) is 7.36. The maximum Gasteiger partial charge on any atom is 0.174 e. The molecule has 0 fully saturated rings. The highest BCUT2D eigenvalue weighted by molar-refractivity contribution is 8.01. The van der Waals surface area contributed by atoms with Crippen LogP contribution in [0.5, 0.6) is 0 Å². The van der Waals surface area contributed by atoms with Gasteiger partial charge in [-0.25, -0.2) is 0 Å². The zero-order valence-corrected chi connectivity index (χ0v) is 13.5. The number of thioether (sulfide) groups is 1. The summed E-state index contributed by atoms with van der Waals surface area (Å²) in [5, 5.41) is 21.6. The maximum atomic E-state index is 9.21. The van der Waals surface area contributed by atoms with Gasteiger partial charge in [0, 0.05) is 5.75 Å². The van der Waals surface area contributed by atoms with Crippen LogP contribution in [-0.4, -0.2) is 28.0 Å². The molecule has 1 aromatic heterocycles. The fraction of sp³-hybridized carbons (Fsp3) is 0.769. The zero-order valence-electron chi connectivity index (χ0n) is 11.9. The van der Waals surface area contributed by atoms with Gasteiger partial charge in [-0.15, -0.1) is 10.2 Å². The van der Waals surface area contributed by atoms with Crippen molar-refractivity contribution in [2.75, 3.05) is 12.3 Å². The molecule has 0 aliphatic carbocycles. The molecule has 0 bridgehead atoms. The van der Waals surface area contributed by atoms with Gasteiger partial charge in [-0.3, -0.25) is 5.32 Å². The largest absolute Gasteiger partial charge is 0.300 e. The van der Waals surface area contributed by atoms with Crippen molar-refractivity contribution in [1.82, 2.24) is 15.5 Å². The van der Waals surface area contributed by atoms with Crippen LogP contribution in [0.2, 0.25) is 0 Å². The lowest BCUT2D eigenvalue weighted by Crippen LogP contribution is -2.41. The van der Waals surface area contributed by atoms with Crippen LogP contribution >= 0.6 is 23.1 Å². The Morgan fingerprint density at radius 3 is 2.79 bits per heavy atom. The standard InChI is InChI=1S/C13H22N4S2/c1-4-8-15-13(3,10-14)7-5-6-9-18-12-17-16-11(2)19-12/h15H,4-9H2,1-3H3. The summed E-state index contributed by atoms with van der Waals surface area (Å²) in [7, 11) is 0. The minimum Gasteiger partial charge on any atom is -0.300 e. The number of nitriles is 1. The van der Waals surface area contributed by atoms with E-state index < -0.39 is 0 Å². The summed E-state index contributed by atoms with van der Waals surface area (Å²) in [5.41, 5.74) is -0.375. The summed E-state index contributed by atoms with van der Waals surface area (Å²) < 4.78 is 1.05. The molecule has 0 radical (unpaired) electrons. The highest BCUT2D eigenvalue weighted by Crippen LogP contribution is 2.23. The SMILES string of the molecule is CCCNC(C)(C#N)CCCCSc1nnc(C)s1. The average Bonchev–Trinajstić information content (AvgIpc) is 2.82. The van der Waals surface area contributed by atoms with Crippen LogP contribution < -0.4 is 5.32 Å². The van der Waals surface area contributed by atoms with Gasteiger partial charge < -0.3 is 0 Å². The first-order valence-electron chi connectivity index (χ1n) is 6.69. The zero-order chi connectivity index (χ0) is 14.1. The van der Waals surface area contributed by atoms with Gasteiger partial charge in [0.05, 0.1) is 6.07 Å². The van der Waals surface area contributed by atoms with Crippen LogP contribution in [0.15, 0.2) is 4.34 Å². The number of nitrogens with one attached hydrogen (secondary N) is 1. The van der Waals surface area contributed by atoms with E-state index in [1.54, 1.807) is 23.1 Å². The van der Waals surface area contributed by atoms with E-state index in [4.69, 9.17) is 0 Å². The van der Waals surface area contributed by atoms with Crippen molar-refractivity contribution >= 4 is 23.1 Å². The molecule has 19 heavy (non-hydrogen) atoms. The average molecular weight is 298 g/mol. The van der Waals surface area contributed by atoms with E-state index in [0.717, 1.165) is 47.3 Å². The predicted molar refractivity (Wildman–Crippen MR) is 81.5 cm³/mol. The van der Waals surface area contributed by atoms with E-state index in [0.29, 0.717) is 0 Å². The molecule has 0 aliphatic rings. The van der Waals surface area contributed by atoms with E-state index in [-0.39, 0.29) is 5.54 Å². The molecule has 1 aromatic rings. The van der Waals surface area contributed by atoms with Crippen molar-refractivity contribution in [3.63, 3.8) is 0 Å². The Labute approximate surface area is 124 Å². The number of unbranched alkanes of at least 4 members (excludes halogenated alkanes) is 1. The third-order valence-corrected chi connectivity index (χ3v) is 4.87. The van der Waals surface area contributed by atoms with Crippen LogP contribution in [0.3, 0.4) is 0 Å². The first-order chi connectivity index (χ1) is 9.09. The fourth-order valence-electron chi connectivity index (χ4n) is 1.66. The van der Waals surface area contributed by atoms with E-state index >= 15 is 0 Å². The Hall–Kier alpha value is -0.640. The molecule has 4 nitrogen and oxygen atoms in total. The summed E-state index contributed by atoms with van der Waals surface area (Å²) in [6, 6.07) is 2.39. The Morgan fingerprint density at radius 1 is 1.42 bits per heavy atom. The molecular formula is C13H22N4S2. The molecule has 0 spiro atoms. The fourth-order valence-corrected chi connectivity index (χ4v) is 3.55. The quantitative estimate of drug-likeness (QED) is 0.559. The first kappa shape index (κ1) is 16.4. The van der Waals surface area contributed by atoms with Crippen LogP contribution in [0, 0.1) is 18.3 Å². The van der Waals surface area contributed by atoms with Crippen molar-refractivity contribution in [1.29, 1.82) is 5.26 Å². The summed E-state index contributed by atoms with van der Waals surface area (Å²) in [5.74, 6) is 1.05. The smallest absolute Gasteiger partial charge is 0.174 e. The lowest BCUT2D eigenvalue weighted by atomic mass is 9.96. The minimum absolute atomic E-state index is 0.375. The molecule has 1 unspecified atom stereocenters. The molecule has 0 saturated carbocycles. The van der Waals surface area contributed by atoms with Gasteiger partial charge >= 0.3 is 0 Å². The van der Waals surface area contributed by atoms with Crippen molar-refractivity contribution in [3.05, 3.63) is 5.01 Å². The molecular weight excluding hydrogens is 276 g/mol. The Balaban J connectivity index is 2.17. The topological polar surface area (TPSA) is 61.6 Å². The van der Waals surface area contributed by atoms with Gasteiger partial charge in [-0.05, 0) is 46.1 Å². The van der Waals surface area contributed by atoms with E-state index in [9.17, 15) is 5.26 Å². The summed E-state index contributed by atoms with van der Waals surface area (Å²) in [6.45, 7) is 6.98. The number of aryl methyl sites for hydroxylation is 1. The molecule has 0 aromatic carbocycles. The molecule has 0 aliphatic heterocycles. The summed E-state index contributed by atoms with van der Waals surface area (Å²) in [6.07, 6.45) is 4.13. The van der Waals surface area contributed by atoms with Gasteiger partial charge in [-0.2, -0.15) is 5.26 Å². The van der Waals surface area contributed by atoms with Crippen LogP contribution in [-0.2, 0) is 0 Å². The summed E-state index contributed by atoms with van der Waals surface area (Å²) in [4.78, 5) is 0. The normalized spacial score (nSPS) is 14.0. The highest BCUT2D eigenvalue weighted by Gasteiger charge is 2.21. The van der Waals surface area contributed by atoms with Gasteiger partial charge in [-0.1, -0.05) is 30.0 Å². The lowest BCUT2D eigenvalue weighted by molar-refractivity contribution is 0.406. The van der Waals surface area contributed by atoms with Crippen molar-refractivity contribution in [2.24, 2.45) is 0 Å². The van der Waals surface area contributed by atoms with E-state index in [2.05, 4.69) is 28.5 Å². The van der Waals surface area contributed by atoms with Crippen molar-refractivity contribution in [2.45, 2.75) is 56.3 Å². The van der Waals surface area contributed by atoms with E-state index in [1.165, 1.54) is 0 Å². The van der Waals surface area contributed by atoms with Crippen LogP contribution in [0.25, 0.3) is 0 Å². The van der Waals surface area contributed by atoms with Crippen molar-refractivity contribution < 1.29 is 0 Å². The number of aromatic nitrogens is 2. The highest BCUT2D eigenvalue weighted by atomic mass is 32.2. The number of hydrogen-bond donors (Lipinski definition) is 1. The van der Waals surface area contributed by atoms with Gasteiger partial charge in [0.2, 0.25) is 0 Å². The molecule has 106 valence electrons. The van der Waals surface area contributed by atoms with Crippen LogP contribution in [0.4, 0.5) is 0 Å². The second kappa shape index (κ2) is 8.51. The summed E-state index contributed by atoms with van der Waals surface area (Å²) >= 11 is 3.40. The first-order valence-corrected chi connectivity index (χ1v) is 8.49. The Bertz CT molecular complexity index is 413. The number of rotatable bonds is 9. The second-order valence-corrected chi connectivity index (χ2v) is 7.29. The third-order valence-electron chi connectivity index (χ3n) is 2.82. The molecule has 1 rings (SSSR count). The Morgan fingerprint density at radius 2 is 2.21 bits per heavy atom. The number of nitrogens with zero attached hydrogens (tertiary/aromatic N) is 3. The predicted octanol–water partition coefficient (Wildman–Crippen LogP) is 3.39. The number of hydrogen-bond acceptors (Lipinski definition) is 6. The van der Waals surface area contributed by atoms with Gasteiger partial charge in [0.1, 0.15) is 10.5 Å². The van der Waals surface area contributed by atoms with Gasteiger partial charge in [0.15, 0.2) is 4.34 Å². The van der Waals surface area contributed by atoms with Crippen LogP contribution in [0.1, 0.15) is 44.5 Å². The molecule has 0 saturated heterocycles. The van der Waals surface area contributed by atoms with Crippen molar-refractivity contribution in [3.8, 4) is 6.07 Å². The lowest BCUT2D eigenvalue weighted by Gasteiger charge is -2.22. The maximum absolute atomic E-state index is 9.21.